The van der Waals surface area contributed by atoms with Gasteiger partial charge in [-0.25, -0.2) is 13.9 Å². The van der Waals surface area contributed by atoms with Crippen LogP contribution in [0.1, 0.15) is 21.0 Å². The van der Waals surface area contributed by atoms with Crippen LogP contribution >= 0.6 is 0 Å². The summed E-state index contributed by atoms with van der Waals surface area (Å²) in [4.78, 5) is 21.4. The van der Waals surface area contributed by atoms with E-state index in [2.05, 4.69) is 5.10 Å². The lowest BCUT2D eigenvalue weighted by Gasteiger charge is -2.05. The van der Waals surface area contributed by atoms with Gasteiger partial charge in [0.15, 0.2) is 17.7 Å². The van der Waals surface area contributed by atoms with Gasteiger partial charge in [-0.2, -0.15) is 5.10 Å². The molecular formula is C15H9FN2O4. The molecule has 2 aromatic heterocycles. The normalized spacial score (nSPS) is 10.6. The first-order valence-corrected chi connectivity index (χ1v) is 6.23. The van der Waals surface area contributed by atoms with Gasteiger partial charge in [-0.05, 0) is 36.4 Å². The van der Waals surface area contributed by atoms with Crippen molar-refractivity contribution >= 4 is 12.3 Å². The van der Waals surface area contributed by atoms with Crippen LogP contribution in [-0.2, 0) is 0 Å². The maximum atomic E-state index is 14.2. The van der Waals surface area contributed by atoms with Crippen molar-refractivity contribution in [3.05, 3.63) is 59.9 Å². The monoisotopic (exact) mass is 300 g/mol. The third kappa shape index (κ3) is 2.39. The lowest BCUT2D eigenvalue weighted by atomic mass is 10.1. The van der Waals surface area contributed by atoms with Crippen molar-refractivity contribution in [3.8, 4) is 17.0 Å². The van der Waals surface area contributed by atoms with Crippen LogP contribution in [0.25, 0.3) is 17.0 Å². The fourth-order valence-corrected chi connectivity index (χ4v) is 1.99. The number of carbonyl (C=O) groups is 2. The van der Waals surface area contributed by atoms with Crippen LogP contribution in [-0.4, -0.2) is 27.1 Å². The summed E-state index contributed by atoms with van der Waals surface area (Å²) >= 11 is 0. The number of furan rings is 1. The Bertz CT molecular complexity index is 866. The summed E-state index contributed by atoms with van der Waals surface area (Å²) in [6.45, 7) is 0. The van der Waals surface area contributed by atoms with Crippen LogP contribution in [0.3, 0.4) is 0 Å². The molecule has 3 aromatic rings. The second-order valence-corrected chi connectivity index (χ2v) is 4.44. The highest BCUT2D eigenvalue weighted by Gasteiger charge is 2.13. The zero-order valence-corrected chi connectivity index (χ0v) is 11.1. The van der Waals surface area contributed by atoms with E-state index in [1.54, 1.807) is 12.1 Å². The molecule has 0 aliphatic rings. The minimum atomic E-state index is -1.19. The molecule has 2 heterocycles. The van der Waals surface area contributed by atoms with Crippen LogP contribution in [0.4, 0.5) is 4.39 Å². The molecule has 110 valence electrons. The SMILES string of the molecule is O=Cc1ccc(-c2ccc(-n3ccc(C(=O)O)n3)c(F)c2)o1. The molecule has 0 fully saturated rings. The Labute approximate surface area is 123 Å². The summed E-state index contributed by atoms with van der Waals surface area (Å²) < 4.78 is 20.6. The number of rotatable bonds is 4. The minimum Gasteiger partial charge on any atom is -0.476 e. The van der Waals surface area contributed by atoms with Gasteiger partial charge in [-0.3, -0.25) is 4.79 Å². The number of aldehydes is 1. The predicted octanol–water partition coefficient (Wildman–Crippen LogP) is 2.78. The second-order valence-electron chi connectivity index (χ2n) is 4.44. The van der Waals surface area contributed by atoms with Crippen LogP contribution in [0, 0.1) is 5.82 Å². The lowest BCUT2D eigenvalue weighted by molar-refractivity contribution is 0.0689. The van der Waals surface area contributed by atoms with Crippen LogP contribution < -0.4 is 0 Å². The van der Waals surface area contributed by atoms with Crippen LogP contribution in [0.5, 0.6) is 0 Å². The number of aromatic carboxylic acids is 1. The molecule has 3 rings (SSSR count). The maximum absolute atomic E-state index is 14.2. The summed E-state index contributed by atoms with van der Waals surface area (Å²) in [5, 5.41) is 12.6. The third-order valence-corrected chi connectivity index (χ3v) is 3.03. The van der Waals surface area contributed by atoms with Crippen molar-refractivity contribution in [2.24, 2.45) is 0 Å². The first-order valence-electron chi connectivity index (χ1n) is 6.23. The Morgan fingerprint density at radius 1 is 1.27 bits per heavy atom. The lowest BCUT2D eigenvalue weighted by Crippen LogP contribution is -2.02. The quantitative estimate of drug-likeness (QED) is 0.749. The summed E-state index contributed by atoms with van der Waals surface area (Å²) in [5.74, 6) is -1.27. The largest absolute Gasteiger partial charge is 0.476 e. The van der Waals surface area contributed by atoms with Gasteiger partial charge < -0.3 is 9.52 Å². The molecule has 0 unspecified atom stereocenters. The summed E-state index contributed by atoms with van der Waals surface area (Å²) in [6.07, 6.45) is 1.92. The van der Waals surface area contributed by atoms with E-state index in [1.807, 2.05) is 0 Å². The Balaban J connectivity index is 1.97. The molecule has 0 aliphatic carbocycles. The highest BCUT2D eigenvalue weighted by atomic mass is 19.1. The van der Waals surface area contributed by atoms with E-state index >= 15 is 0 Å². The van der Waals surface area contributed by atoms with E-state index < -0.39 is 11.8 Å². The molecular weight excluding hydrogens is 291 g/mol. The zero-order chi connectivity index (χ0) is 15.7. The Morgan fingerprint density at radius 3 is 2.68 bits per heavy atom. The molecule has 0 bridgehead atoms. The number of carboxylic acid groups (broad SMARTS) is 1. The van der Waals surface area contributed by atoms with Gasteiger partial charge in [0, 0.05) is 11.8 Å². The van der Waals surface area contributed by atoms with Crippen LogP contribution in [0.2, 0.25) is 0 Å². The van der Waals surface area contributed by atoms with Gasteiger partial charge in [0.05, 0.1) is 0 Å². The standard InChI is InChI=1S/C15H9FN2O4/c16-11-7-9(14-4-2-10(8-19)22-14)1-3-13(11)18-6-5-12(17-18)15(20)21/h1-8H,(H,20,21). The summed E-state index contributed by atoms with van der Waals surface area (Å²) in [6, 6.07) is 8.60. The maximum Gasteiger partial charge on any atom is 0.356 e. The molecule has 1 aromatic carbocycles. The smallest absolute Gasteiger partial charge is 0.356 e. The number of carboxylic acids is 1. The van der Waals surface area contributed by atoms with Crippen molar-refractivity contribution in [1.82, 2.24) is 9.78 Å². The molecule has 7 heteroatoms. The van der Waals surface area contributed by atoms with Gasteiger partial charge in [0.25, 0.3) is 0 Å². The average molecular weight is 300 g/mol. The molecule has 0 saturated carbocycles. The third-order valence-electron chi connectivity index (χ3n) is 3.03. The predicted molar refractivity (Wildman–Crippen MR) is 73.6 cm³/mol. The highest BCUT2D eigenvalue weighted by Crippen LogP contribution is 2.25. The van der Waals surface area contributed by atoms with Crippen molar-refractivity contribution in [1.29, 1.82) is 0 Å². The molecule has 0 spiro atoms. The van der Waals surface area contributed by atoms with E-state index in [9.17, 15) is 14.0 Å². The number of carbonyl (C=O) groups excluding carboxylic acids is 1. The van der Waals surface area contributed by atoms with E-state index in [4.69, 9.17) is 9.52 Å². The second kappa shape index (κ2) is 5.28. The number of hydrogen-bond acceptors (Lipinski definition) is 4. The fourth-order valence-electron chi connectivity index (χ4n) is 1.99. The van der Waals surface area contributed by atoms with Gasteiger partial charge in [0.1, 0.15) is 17.3 Å². The number of aromatic nitrogens is 2. The van der Waals surface area contributed by atoms with Crippen molar-refractivity contribution < 1.29 is 23.5 Å². The van der Waals surface area contributed by atoms with Crippen LogP contribution in [0.15, 0.2) is 47.0 Å². The molecule has 22 heavy (non-hydrogen) atoms. The highest BCUT2D eigenvalue weighted by molar-refractivity contribution is 5.85. The number of halogens is 1. The van der Waals surface area contributed by atoms with Gasteiger partial charge in [-0.1, -0.05) is 0 Å². The Morgan fingerprint density at radius 2 is 2.09 bits per heavy atom. The minimum absolute atomic E-state index is 0.110. The number of benzene rings is 1. The average Bonchev–Trinajstić information content (AvgIpc) is 3.16. The number of nitrogens with zero attached hydrogens (tertiary/aromatic N) is 2. The molecule has 0 saturated heterocycles. The topological polar surface area (TPSA) is 85.3 Å². The summed E-state index contributed by atoms with van der Waals surface area (Å²) in [7, 11) is 0. The molecule has 0 aliphatic heterocycles. The molecule has 6 nitrogen and oxygen atoms in total. The molecule has 0 amide bonds. The first-order chi connectivity index (χ1) is 10.6. The first kappa shape index (κ1) is 13.7. The Hall–Kier alpha value is -3.22. The fraction of sp³-hybridized carbons (Fsp3) is 0. The van der Waals surface area contributed by atoms with E-state index in [0.717, 1.165) is 4.68 Å². The van der Waals surface area contributed by atoms with Gasteiger partial charge in [0.2, 0.25) is 0 Å². The Kier molecular flexibility index (Phi) is 3.30. The van der Waals surface area contributed by atoms with E-state index in [1.165, 1.54) is 30.5 Å². The van der Waals surface area contributed by atoms with Gasteiger partial charge >= 0.3 is 5.97 Å². The zero-order valence-electron chi connectivity index (χ0n) is 11.1. The van der Waals surface area contributed by atoms with Gasteiger partial charge in [-0.15, -0.1) is 0 Å². The molecule has 0 radical (unpaired) electrons. The molecule has 0 atom stereocenters. The van der Waals surface area contributed by atoms with Crippen molar-refractivity contribution in [2.75, 3.05) is 0 Å². The molecule has 1 N–H and O–H groups in total. The van der Waals surface area contributed by atoms with Crippen molar-refractivity contribution in [3.63, 3.8) is 0 Å². The number of hydrogen-bond donors (Lipinski definition) is 1. The summed E-state index contributed by atoms with van der Waals surface area (Å²) in [5.41, 5.74) is 0.392. The van der Waals surface area contributed by atoms with Crippen molar-refractivity contribution in [2.45, 2.75) is 0 Å². The van der Waals surface area contributed by atoms with E-state index in [-0.39, 0.29) is 17.1 Å². The van der Waals surface area contributed by atoms with E-state index in [0.29, 0.717) is 17.6 Å².